The Bertz CT molecular complexity index is 1530. The maximum absolute atomic E-state index is 13.3. The maximum atomic E-state index is 13.3. The summed E-state index contributed by atoms with van der Waals surface area (Å²) < 4.78 is 5.12. The Labute approximate surface area is 247 Å². The van der Waals surface area contributed by atoms with E-state index in [1.165, 1.54) is 42.2 Å². The number of likely N-dealkylation sites (tertiary alicyclic amines) is 1. The number of hydrazine groups is 1. The molecule has 1 saturated heterocycles. The van der Waals surface area contributed by atoms with Gasteiger partial charge in [0.05, 0.1) is 5.56 Å². The van der Waals surface area contributed by atoms with Crippen LogP contribution in [-0.2, 0) is 19.1 Å². The molecule has 4 rings (SSSR count). The van der Waals surface area contributed by atoms with Gasteiger partial charge in [-0.1, -0.05) is 36.4 Å². The van der Waals surface area contributed by atoms with Crippen LogP contribution in [-0.4, -0.2) is 82.0 Å². The van der Waals surface area contributed by atoms with E-state index in [1.54, 1.807) is 32.9 Å². The van der Waals surface area contributed by atoms with Crippen molar-refractivity contribution < 1.29 is 38.3 Å². The molecule has 2 aromatic carbocycles. The van der Waals surface area contributed by atoms with E-state index in [1.807, 2.05) is 0 Å². The van der Waals surface area contributed by atoms with Crippen molar-refractivity contribution in [2.75, 3.05) is 13.1 Å². The number of hydrogen-bond acceptors (Lipinski definition) is 9. The summed E-state index contributed by atoms with van der Waals surface area (Å²) >= 11 is 0. The Hall–Kier alpha value is -4.91. The number of nitrogens with one attached hydrogen (secondary N) is 2. The van der Waals surface area contributed by atoms with Gasteiger partial charge < -0.3 is 20.3 Å². The standard InChI is InChI=1S/C30H33N5O8/c1-16(33-26(39)21-13-8-14-34(21)22(36)15-32-29(42)43-30(2,3)4)27(40)35(31)28(41)20-12-7-11-19-23(20)25(38)18-10-6-5-9-17(18)24(19)37/h5-7,9-12,16,21H,8,13-15,31H2,1-4H3,(H,32,42)(H,33,39)/t16-,21-/m0/s1. The molecule has 1 aliphatic heterocycles. The first-order valence-corrected chi connectivity index (χ1v) is 13.7. The zero-order chi connectivity index (χ0) is 31.6. The molecule has 2 atom stereocenters. The number of nitrogens with zero attached hydrogens (tertiary/aromatic N) is 2. The summed E-state index contributed by atoms with van der Waals surface area (Å²) in [6.45, 7) is 6.25. The van der Waals surface area contributed by atoms with E-state index in [2.05, 4.69) is 10.6 Å². The highest BCUT2D eigenvalue weighted by Crippen LogP contribution is 2.30. The number of hydrogen-bond donors (Lipinski definition) is 3. The third kappa shape index (κ3) is 6.46. The van der Waals surface area contributed by atoms with E-state index < -0.39 is 59.0 Å². The molecule has 226 valence electrons. The molecule has 2 aromatic rings. The summed E-state index contributed by atoms with van der Waals surface area (Å²) in [5.41, 5.74) is -0.776. The number of ketones is 2. The molecule has 0 unspecified atom stereocenters. The second kappa shape index (κ2) is 12.1. The van der Waals surface area contributed by atoms with Crippen LogP contribution < -0.4 is 16.5 Å². The topological polar surface area (TPSA) is 185 Å². The van der Waals surface area contributed by atoms with Crippen LogP contribution >= 0.6 is 0 Å². The van der Waals surface area contributed by atoms with E-state index in [9.17, 15) is 33.6 Å². The Morgan fingerprint density at radius 3 is 2.28 bits per heavy atom. The molecule has 0 bridgehead atoms. The molecule has 2 aliphatic rings. The molecule has 1 aliphatic carbocycles. The minimum Gasteiger partial charge on any atom is -0.444 e. The number of imide groups is 1. The van der Waals surface area contributed by atoms with E-state index in [0.29, 0.717) is 17.9 Å². The van der Waals surface area contributed by atoms with Crippen molar-refractivity contribution in [2.24, 2.45) is 5.84 Å². The average Bonchev–Trinajstić information content (AvgIpc) is 3.46. The third-order valence-corrected chi connectivity index (χ3v) is 7.03. The molecular formula is C30H33N5O8. The van der Waals surface area contributed by atoms with Crippen LogP contribution in [0.4, 0.5) is 4.79 Å². The molecule has 0 aromatic heterocycles. The Morgan fingerprint density at radius 1 is 1.00 bits per heavy atom. The summed E-state index contributed by atoms with van der Waals surface area (Å²) in [5, 5.41) is 5.15. The Balaban J connectivity index is 1.42. The van der Waals surface area contributed by atoms with Crippen molar-refractivity contribution in [3.63, 3.8) is 0 Å². The maximum Gasteiger partial charge on any atom is 0.408 e. The van der Waals surface area contributed by atoms with Gasteiger partial charge in [0.15, 0.2) is 11.6 Å². The highest BCUT2D eigenvalue weighted by molar-refractivity contribution is 6.31. The molecule has 13 heteroatoms. The zero-order valence-corrected chi connectivity index (χ0v) is 24.3. The van der Waals surface area contributed by atoms with Gasteiger partial charge in [-0.25, -0.2) is 15.6 Å². The molecule has 0 spiro atoms. The number of carbonyl (C=O) groups excluding carboxylic acids is 7. The predicted octanol–water partition coefficient (Wildman–Crippen LogP) is 1.32. The quantitative estimate of drug-likeness (QED) is 0.216. The lowest BCUT2D eigenvalue weighted by molar-refractivity contribution is -0.139. The van der Waals surface area contributed by atoms with Crippen LogP contribution in [0.5, 0.6) is 0 Å². The summed E-state index contributed by atoms with van der Waals surface area (Å²) in [7, 11) is 0. The average molecular weight is 592 g/mol. The molecule has 5 amide bonds. The van der Waals surface area contributed by atoms with Crippen molar-refractivity contribution in [1.82, 2.24) is 20.5 Å². The molecule has 1 fully saturated rings. The molecule has 43 heavy (non-hydrogen) atoms. The number of ether oxygens (including phenoxy) is 1. The number of amides is 5. The van der Waals surface area contributed by atoms with Gasteiger partial charge in [0.1, 0.15) is 24.2 Å². The number of carbonyl (C=O) groups is 7. The molecule has 13 nitrogen and oxygen atoms in total. The number of benzene rings is 2. The van der Waals surface area contributed by atoms with Crippen LogP contribution in [0.25, 0.3) is 0 Å². The van der Waals surface area contributed by atoms with Crippen molar-refractivity contribution in [1.29, 1.82) is 0 Å². The predicted molar refractivity (Wildman–Crippen MR) is 152 cm³/mol. The molecule has 4 N–H and O–H groups in total. The highest BCUT2D eigenvalue weighted by atomic mass is 16.6. The van der Waals surface area contributed by atoms with Crippen LogP contribution in [0, 0.1) is 0 Å². The van der Waals surface area contributed by atoms with Crippen LogP contribution in [0.3, 0.4) is 0 Å². The summed E-state index contributed by atoms with van der Waals surface area (Å²) in [6.07, 6.45) is 0.0712. The number of alkyl carbamates (subject to hydrolysis) is 1. The Kier molecular flexibility index (Phi) is 8.76. The number of fused-ring (bicyclic) bond motifs is 2. The summed E-state index contributed by atoms with van der Waals surface area (Å²) in [6, 6.07) is 8.17. The molecule has 1 heterocycles. The lowest BCUT2D eigenvalue weighted by Crippen LogP contribution is -2.56. The second-order valence-electron chi connectivity index (χ2n) is 11.3. The minimum atomic E-state index is -1.28. The smallest absolute Gasteiger partial charge is 0.408 e. The van der Waals surface area contributed by atoms with Crippen molar-refractivity contribution >= 4 is 41.3 Å². The van der Waals surface area contributed by atoms with Gasteiger partial charge in [0.2, 0.25) is 11.8 Å². The van der Waals surface area contributed by atoms with Gasteiger partial charge in [-0.15, -0.1) is 0 Å². The van der Waals surface area contributed by atoms with Gasteiger partial charge in [-0.05, 0) is 46.6 Å². The first-order chi connectivity index (χ1) is 20.2. The third-order valence-electron chi connectivity index (χ3n) is 7.03. The normalized spacial score (nSPS) is 16.5. The van der Waals surface area contributed by atoms with Crippen LogP contribution in [0.2, 0.25) is 0 Å². The van der Waals surface area contributed by atoms with Crippen molar-refractivity contribution in [3.05, 3.63) is 70.3 Å². The monoisotopic (exact) mass is 591 g/mol. The second-order valence-corrected chi connectivity index (χ2v) is 11.3. The molecule has 0 radical (unpaired) electrons. The number of nitrogens with two attached hydrogens (primary N) is 1. The molecule has 0 saturated carbocycles. The van der Waals surface area contributed by atoms with Gasteiger partial charge in [-0.2, -0.15) is 0 Å². The number of rotatable bonds is 6. The van der Waals surface area contributed by atoms with Gasteiger partial charge in [0.25, 0.3) is 11.8 Å². The first kappa shape index (κ1) is 31.0. The minimum absolute atomic E-state index is 0.0175. The fraction of sp³-hybridized carbons (Fsp3) is 0.367. The van der Waals surface area contributed by atoms with E-state index in [4.69, 9.17) is 10.6 Å². The van der Waals surface area contributed by atoms with Gasteiger partial charge >= 0.3 is 6.09 Å². The lowest BCUT2D eigenvalue weighted by Gasteiger charge is -2.27. The first-order valence-electron chi connectivity index (χ1n) is 13.7. The van der Waals surface area contributed by atoms with E-state index >= 15 is 0 Å². The van der Waals surface area contributed by atoms with Crippen LogP contribution in [0.1, 0.15) is 82.7 Å². The largest absolute Gasteiger partial charge is 0.444 e. The van der Waals surface area contributed by atoms with Crippen LogP contribution in [0.15, 0.2) is 42.5 Å². The lowest BCUT2D eigenvalue weighted by atomic mass is 9.81. The van der Waals surface area contributed by atoms with E-state index in [0.717, 1.165) is 0 Å². The van der Waals surface area contributed by atoms with Gasteiger partial charge in [0, 0.05) is 28.8 Å². The summed E-state index contributed by atoms with van der Waals surface area (Å²) in [4.78, 5) is 91.7. The highest BCUT2D eigenvalue weighted by Gasteiger charge is 2.38. The van der Waals surface area contributed by atoms with E-state index in [-0.39, 0.29) is 40.9 Å². The molecular weight excluding hydrogens is 558 g/mol. The Morgan fingerprint density at radius 2 is 1.63 bits per heavy atom. The SMILES string of the molecule is C[C@H](NC(=O)[C@@H]1CCCN1C(=O)CNC(=O)OC(C)(C)C)C(=O)N(N)C(=O)c1cccc2c1C(=O)c1ccccc1C2=O. The summed E-state index contributed by atoms with van der Waals surface area (Å²) in [5.74, 6) is 1.74. The zero-order valence-electron chi connectivity index (χ0n) is 24.3. The van der Waals surface area contributed by atoms with Crippen molar-refractivity contribution in [2.45, 2.75) is 58.2 Å². The van der Waals surface area contributed by atoms with Gasteiger partial charge in [-0.3, -0.25) is 28.8 Å². The van der Waals surface area contributed by atoms with Crippen molar-refractivity contribution in [3.8, 4) is 0 Å². The fourth-order valence-corrected chi connectivity index (χ4v) is 5.03. The fourth-order valence-electron chi connectivity index (χ4n) is 5.03.